The fourth-order valence-electron chi connectivity index (χ4n) is 2.42. The van der Waals surface area contributed by atoms with E-state index < -0.39 is 16.5 Å². The summed E-state index contributed by atoms with van der Waals surface area (Å²) in [7, 11) is 3.99. The van der Waals surface area contributed by atoms with Crippen molar-refractivity contribution in [3.63, 3.8) is 0 Å². The van der Waals surface area contributed by atoms with E-state index in [4.69, 9.17) is 18.9 Å². The molecule has 0 saturated carbocycles. The van der Waals surface area contributed by atoms with Crippen molar-refractivity contribution < 1.29 is 28.7 Å². The third-order valence-electron chi connectivity index (χ3n) is 3.52. The molecule has 1 saturated heterocycles. The zero-order valence-electron chi connectivity index (χ0n) is 13.2. The molecule has 2 rings (SSSR count). The number of morpholine rings is 1. The number of ether oxygens (including phenoxy) is 4. The molecule has 1 aromatic carbocycles. The minimum Gasteiger partial charge on any atom is -0.493 e. The Morgan fingerprint density at radius 3 is 2.26 bits per heavy atom. The van der Waals surface area contributed by atoms with Gasteiger partial charge in [-0.2, -0.15) is 0 Å². The molecule has 9 heteroatoms. The van der Waals surface area contributed by atoms with Crippen LogP contribution in [0.3, 0.4) is 0 Å². The van der Waals surface area contributed by atoms with Crippen LogP contribution in [0.15, 0.2) is 6.07 Å². The molecule has 0 N–H and O–H groups in total. The van der Waals surface area contributed by atoms with Crippen LogP contribution in [-0.2, 0) is 4.74 Å². The summed E-state index contributed by atoms with van der Waals surface area (Å²) < 4.78 is 20.6. The highest BCUT2D eigenvalue weighted by atomic mass is 16.6. The third-order valence-corrected chi connectivity index (χ3v) is 3.52. The quantitative estimate of drug-likeness (QED) is 0.590. The maximum absolute atomic E-state index is 12.7. The first kappa shape index (κ1) is 16.8. The van der Waals surface area contributed by atoms with Crippen LogP contribution in [0.5, 0.6) is 17.2 Å². The Bertz CT molecular complexity index is 612. The first-order chi connectivity index (χ1) is 11.0. The van der Waals surface area contributed by atoms with Crippen molar-refractivity contribution in [3.8, 4) is 17.2 Å². The molecule has 0 radical (unpaired) electrons. The van der Waals surface area contributed by atoms with Crippen LogP contribution in [0.25, 0.3) is 0 Å². The van der Waals surface area contributed by atoms with E-state index in [1.165, 1.54) is 32.3 Å². The predicted octanol–water partition coefficient (Wildman–Crippen LogP) is 1.09. The molecule has 1 heterocycles. The lowest BCUT2D eigenvalue weighted by atomic mass is 10.1. The SMILES string of the molecule is COc1cc(C(=O)N2CCOCC2)c([N+](=O)[O-])c(OC)c1OC. The van der Waals surface area contributed by atoms with E-state index in [0.29, 0.717) is 26.3 Å². The second-order valence-electron chi connectivity index (χ2n) is 4.70. The molecular formula is C14H18N2O7. The van der Waals surface area contributed by atoms with Crippen molar-refractivity contribution in [1.29, 1.82) is 0 Å². The van der Waals surface area contributed by atoms with Gasteiger partial charge in [0.2, 0.25) is 11.5 Å². The normalized spacial score (nSPS) is 14.3. The van der Waals surface area contributed by atoms with Crippen molar-refractivity contribution in [2.45, 2.75) is 0 Å². The van der Waals surface area contributed by atoms with Crippen LogP contribution in [0.1, 0.15) is 10.4 Å². The molecule has 0 atom stereocenters. The fourth-order valence-corrected chi connectivity index (χ4v) is 2.42. The molecule has 1 aliphatic heterocycles. The number of amides is 1. The Kier molecular flexibility index (Phi) is 5.22. The van der Waals surface area contributed by atoms with Gasteiger partial charge in [-0.05, 0) is 0 Å². The van der Waals surface area contributed by atoms with Crippen molar-refractivity contribution in [2.24, 2.45) is 0 Å². The van der Waals surface area contributed by atoms with Crippen LogP contribution >= 0.6 is 0 Å². The summed E-state index contributed by atoms with van der Waals surface area (Å²) in [6, 6.07) is 1.30. The summed E-state index contributed by atoms with van der Waals surface area (Å²) in [4.78, 5) is 25.0. The maximum atomic E-state index is 12.7. The number of benzene rings is 1. The number of nitro benzene ring substituents is 1. The van der Waals surface area contributed by atoms with Crippen LogP contribution in [-0.4, -0.2) is 63.4 Å². The van der Waals surface area contributed by atoms with Gasteiger partial charge in [0.05, 0.1) is 39.5 Å². The molecule has 0 unspecified atom stereocenters. The maximum Gasteiger partial charge on any atom is 0.327 e. The molecule has 1 aromatic rings. The van der Waals surface area contributed by atoms with Gasteiger partial charge in [0.15, 0.2) is 5.75 Å². The molecule has 0 bridgehead atoms. The number of rotatable bonds is 5. The van der Waals surface area contributed by atoms with E-state index in [-0.39, 0.29) is 22.8 Å². The summed E-state index contributed by atoms with van der Waals surface area (Å²) >= 11 is 0. The summed E-state index contributed by atoms with van der Waals surface area (Å²) in [6.45, 7) is 1.52. The first-order valence-corrected chi connectivity index (χ1v) is 6.89. The number of carbonyl (C=O) groups excluding carboxylic acids is 1. The van der Waals surface area contributed by atoms with Gasteiger partial charge < -0.3 is 23.8 Å². The van der Waals surface area contributed by atoms with Crippen molar-refractivity contribution in [1.82, 2.24) is 4.90 Å². The summed E-state index contributed by atoms with van der Waals surface area (Å²) in [5, 5.41) is 11.5. The van der Waals surface area contributed by atoms with Crippen LogP contribution in [0.2, 0.25) is 0 Å². The van der Waals surface area contributed by atoms with E-state index in [0.717, 1.165) is 0 Å². The largest absolute Gasteiger partial charge is 0.493 e. The second-order valence-corrected chi connectivity index (χ2v) is 4.70. The molecule has 1 aliphatic rings. The lowest BCUT2D eigenvalue weighted by Gasteiger charge is -2.27. The Balaban J connectivity index is 2.60. The average molecular weight is 326 g/mol. The summed E-state index contributed by atoms with van der Waals surface area (Å²) in [5.74, 6) is -0.362. The van der Waals surface area contributed by atoms with Crippen LogP contribution < -0.4 is 14.2 Å². The molecule has 0 spiro atoms. The van der Waals surface area contributed by atoms with Crippen molar-refractivity contribution in [3.05, 3.63) is 21.7 Å². The van der Waals surface area contributed by atoms with Crippen molar-refractivity contribution >= 4 is 11.6 Å². The molecule has 1 amide bonds. The second kappa shape index (κ2) is 7.14. The Morgan fingerprint density at radius 1 is 1.17 bits per heavy atom. The number of nitro groups is 1. The Morgan fingerprint density at radius 2 is 1.78 bits per heavy atom. The number of hydrogen-bond donors (Lipinski definition) is 0. The zero-order valence-corrected chi connectivity index (χ0v) is 13.2. The molecule has 0 aliphatic carbocycles. The topological polar surface area (TPSA) is 100 Å². The Hall–Kier alpha value is -2.55. The number of methoxy groups -OCH3 is 3. The Labute approximate surface area is 132 Å². The summed E-state index contributed by atoms with van der Waals surface area (Å²) in [5.41, 5.74) is -0.548. The van der Waals surface area contributed by atoms with E-state index >= 15 is 0 Å². The van der Waals surface area contributed by atoms with E-state index in [1.807, 2.05) is 0 Å². The number of carbonyl (C=O) groups is 1. The van der Waals surface area contributed by atoms with E-state index in [1.54, 1.807) is 0 Å². The van der Waals surface area contributed by atoms with Crippen LogP contribution in [0.4, 0.5) is 5.69 Å². The van der Waals surface area contributed by atoms with Gasteiger partial charge in [-0.25, -0.2) is 0 Å². The lowest BCUT2D eigenvalue weighted by Crippen LogP contribution is -2.40. The van der Waals surface area contributed by atoms with Crippen LogP contribution in [0, 0.1) is 10.1 Å². The van der Waals surface area contributed by atoms with Gasteiger partial charge in [-0.3, -0.25) is 14.9 Å². The highest BCUT2D eigenvalue weighted by Gasteiger charge is 2.34. The monoisotopic (exact) mass is 326 g/mol. The van der Waals surface area contributed by atoms with Gasteiger partial charge in [0, 0.05) is 19.2 Å². The highest BCUT2D eigenvalue weighted by molar-refractivity contribution is 6.00. The predicted molar refractivity (Wildman–Crippen MR) is 79.5 cm³/mol. The smallest absolute Gasteiger partial charge is 0.327 e. The molecule has 23 heavy (non-hydrogen) atoms. The lowest BCUT2D eigenvalue weighted by molar-refractivity contribution is -0.386. The summed E-state index contributed by atoms with van der Waals surface area (Å²) in [6.07, 6.45) is 0. The zero-order chi connectivity index (χ0) is 17.0. The standard InChI is InChI=1S/C14H18N2O7/c1-20-10-8-9(14(17)15-4-6-23-7-5-15)11(16(18)19)13(22-3)12(10)21-2/h8H,4-7H2,1-3H3. The third kappa shape index (κ3) is 3.14. The van der Waals surface area contributed by atoms with Crippen molar-refractivity contribution in [2.75, 3.05) is 47.6 Å². The molecular weight excluding hydrogens is 308 g/mol. The van der Waals surface area contributed by atoms with Gasteiger partial charge in [-0.15, -0.1) is 0 Å². The average Bonchev–Trinajstić information content (AvgIpc) is 2.59. The van der Waals surface area contributed by atoms with Gasteiger partial charge in [0.25, 0.3) is 5.91 Å². The van der Waals surface area contributed by atoms with Gasteiger partial charge >= 0.3 is 5.69 Å². The highest BCUT2D eigenvalue weighted by Crippen LogP contribution is 2.46. The molecule has 126 valence electrons. The van der Waals surface area contributed by atoms with E-state index in [2.05, 4.69) is 0 Å². The van der Waals surface area contributed by atoms with Gasteiger partial charge in [0.1, 0.15) is 5.56 Å². The van der Waals surface area contributed by atoms with Gasteiger partial charge in [-0.1, -0.05) is 0 Å². The molecule has 9 nitrogen and oxygen atoms in total. The van der Waals surface area contributed by atoms with E-state index in [9.17, 15) is 14.9 Å². The number of hydrogen-bond acceptors (Lipinski definition) is 7. The molecule has 0 aromatic heterocycles. The first-order valence-electron chi connectivity index (χ1n) is 6.89. The number of nitrogens with zero attached hydrogens (tertiary/aromatic N) is 2. The molecule has 1 fully saturated rings. The minimum absolute atomic E-state index is 0.0697. The fraction of sp³-hybridized carbons (Fsp3) is 0.500. The minimum atomic E-state index is -0.658.